The Labute approximate surface area is 197 Å². The van der Waals surface area contributed by atoms with Gasteiger partial charge in [0, 0.05) is 44.5 Å². The summed E-state index contributed by atoms with van der Waals surface area (Å²) in [5.41, 5.74) is 2.84. The second kappa shape index (κ2) is 9.81. The number of benzene rings is 1. The van der Waals surface area contributed by atoms with E-state index in [2.05, 4.69) is 22.1 Å². The smallest absolute Gasteiger partial charge is 0.251 e. The molecule has 0 radical (unpaired) electrons. The van der Waals surface area contributed by atoms with Crippen LogP contribution >= 0.6 is 0 Å². The molecule has 4 rings (SSSR count). The van der Waals surface area contributed by atoms with Gasteiger partial charge in [0.1, 0.15) is 5.82 Å². The van der Waals surface area contributed by atoms with Gasteiger partial charge in [0.05, 0.1) is 4.90 Å². The topological polar surface area (TPSA) is 82.6 Å². The molecule has 2 aromatic rings. The van der Waals surface area contributed by atoms with Gasteiger partial charge in [-0.15, -0.1) is 0 Å². The highest BCUT2D eigenvalue weighted by Gasteiger charge is 2.30. The van der Waals surface area contributed by atoms with Crippen LogP contribution < -0.4 is 10.2 Å². The molecular weight excluding hydrogens is 436 g/mol. The molecule has 0 saturated carbocycles. The molecule has 178 valence electrons. The average Bonchev–Trinajstić information content (AvgIpc) is 3.34. The van der Waals surface area contributed by atoms with Crippen LogP contribution in [-0.4, -0.2) is 49.8 Å². The van der Waals surface area contributed by atoms with Crippen LogP contribution in [0.5, 0.6) is 0 Å². The average molecular weight is 471 g/mol. The molecule has 1 aromatic heterocycles. The molecule has 1 N–H and O–H groups in total. The predicted octanol–water partition coefficient (Wildman–Crippen LogP) is 3.65. The van der Waals surface area contributed by atoms with E-state index in [4.69, 9.17) is 0 Å². The third-order valence-corrected chi connectivity index (χ3v) is 8.96. The maximum atomic E-state index is 13.4. The summed E-state index contributed by atoms with van der Waals surface area (Å²) in [6.07, 6.45) is 5.86. The molecule has 0 atom stereocenters. The summed E-state index contributed by atoms with van der Waals surface area (Å²) in [5.74, 6) is 1.20. The van der Waals surface area contributed by atoms with Gasteiger partial charge >= 0.3 is 0 Å². The van der Waals surface area contributed by atoms with E-state index in [1.54, 1.807) is 16.6 Å². The van der Waals surface area contributed by atoms with Crippen molar-refractivity contribution >= 4 is 21.7 Å². The van der Waals surface area contributed by atoms with E-state index in [0.29, 0.717) is 36.7 Å². The second-order valence-electron chi connectivity index (χ2n) is 9.40. The summed E-state index contributed by atoms with van der Waals surface area (Å²) in [4.78, 5) is 19.9. The predicted molar refractivity (Wildman–Crippen MR) is 130 cm³/mol. The van der Waals surface area contributed by atoms with Crippen LogP contribution in [0.15, 0.2) is 35.4 Å². The molecule has 2 aliphatic rings. The molecule has 0 aliphatic carbocycles. The first-order chi connectivity index (χ1) is 15.8. The fourth-order valence-electron chi connectivity index (χ4n) is 4.56. The van der Waals surface area contributed by atoms with Crippen molar-refractivity contribution in [3.8, 4) is 0 Å². The number of rotatable bonds is 6. The van der Waals surface area contributed by atoms with E-state index in [9.17, 15) is 13.2 Å². The lowest BCUT2D eigenvalue weighted by atomic mass is 10.0. The number of carbonyl (C=O) groups excluding carboxylic acids is 1. The number of aryl methyl sites for hydroxylation is 1. The highest BCUT2D eigenvalue weighted by Crippen LogP contribution is 2.28. The lowest BCUT2D eigenvalue weighted by molar-refractivity contribution is 0.0950. The van der Waals surface area contributed by atoms with Crippen LogP contribution in [0.4, 0.5) is 5.82 Å². The Morgan fingerprint density at radius 1 is 1.09 bits per heavy atom. The summed E-state index contributed by atoms with van der Waals surface area (Å²) in [7, 11) is -3.64. The molecule has 33 heavy (non-hydrogen) atoms. The molecule has 8 heteroatoms. The van der Waals surface area contributed by atoms with Crippen molar-refractivity contribution in [3.63, 3.8) is 0 Å². The molecule has 1 amide bonds. The maximum absolute atomic E-state index is 13.4. The van der Waals surface area contributed by atoms with Crippen molar-refractivity contribution in [2.45, 2.75) is 57.9 Å². The molecule has 0 unspecified atom stereocenters. The van der Waals surface area contributed by atoms with E-state index >= 15 is 0 Å². The van der Waals surface area contributed by atoms with E-state index in [1.807, 2.05) is 26.0 Å². The molecule has 2 aliphatic heterocycles. The Bertz CT molecular complexity index is 1120. The Morgan fingerprint density at radius 3 is 2.48 bits per heavy atom. The van der Waals surface area contributed by atoms with E-state index in [0.717, 1.165) is 42.9 Å². The Balaban J connectivity index is 1.50. The van der Waals surface area contributed by atoms with Gasteiger partial charge in [-0.3, -0.25) is 4.79 Å². The lowest BCUT2D eigenvalue weighted by Gasteiger charge is -2.30. The number of amides is 1. The number of sulfonamides is 1. The fourth-order valence-corrected chi connectivity index (χ4v) is 6.36. The number of nitrogens with one attached hydrogen (secondary N) is 1. The standard InChI is InChI=1S/C25H34N4O3S/c1-18-7-12-29(13-8-18)33(31,32)23-16-22(14-19(2)20(23)3)25(30)27-17-21-6-9-26-24(15-21)28-10-4-5-11-28/h6,9,14-16,18H,4-5,7-8,10-13,17H2,1-3H3,(H,27,30). The van der Waals surface area contributed by atoms with Gasteiger partial charge in [-0.05, 0) is 86.4 Å². The van der Waals surface area contributed by atoms with Crippen molar-refractivity contribution in [1.29, 1.82) is 0 Å². The molecule has 2 saturated heterocycles. The largest absolute Gasteiger partial charge is 0.357 e. The number of carbonyl (C=O) groups is 1. The quantitative estimate of drug-likeness (QED) is 0.697. The molecule has 1 aromatic carbocycles. The minimum absolute atomic E-state index is 0.238. The Morgan fingerprint density at radius 2 is 1.79 bits per heavy atom. The minimum atomic E-state index is -3.64. The zero-order chi connectivity index (χ0) is 23.6. The highest BCUT2D eigenvalue weighted by molar-refractivity contribution is 7.89. The van der Waals surface area contributed by atoms with Gasteiger partial charge in [-0.25, -0.2) is 13.4 Å². The number of hydrogen-bond donors (Lipinski definition) is 1. The van der Waals surface area contributed by atoms with E-state index in [1.165, 1.54) is 18.9 Å². The van der Waals surface area contributed by atoms with Crippen LogP contribution in [0.2, 0.25) is 0 Å². The summed E-state index contributed by atoms with van der Waals surface area (Å²) < 4.78 is 28.3. The number of aromatic nitrogens is 1. The molecule has 0 bridgehead atoms. The van der Waals surface area contributed by atoms with Gasteiger partial charge < -0.3 is 10.2 Å². The first kappa shape index (κ1) is 23.7. The first-order valence-electron chi connectivity index (χ1n) is 11.8. The SMILES string of the molecule is Cc1cc(C(=O)NCc2ccnc(N3CCCC3)c2)cc(S(=O)(=O)N2CCC(C)CC2)c1C. The van der Waals surface area contributed by atoms with Gasteiger partial charge in [0.25, 0.3) is 5.91 Å². The fraction of sp³-hybridized carbons (Fsp3) is 0.520. The minimum Gasteiger partial charge on any atom is -0.357 e. The van der Waals surface area contributed by atoms with Crippen LogP contribution in [0.1, 0.15) is 59.7 Å². The molecule has 3 heterocycles. The van der Waals surface area contributed by atoms with Crippen molar-refractivity contribution in [1.82, 2.24) is 14.6 Å². The van der Waals surface area contributed by atoms with Gasteiger partial charge in [-0.1, -0.05) is 6.92 Å². The first-order valence-corrected chi connectivity index (χ1v) is 13.3. The number of hydrogen-bond acceptors (Lipinski definition) is 5. The maximum Gasteiger partial charge on any atom is 0.251 e. The molecule has 0 spiro atoms. The number of piperidine rings is 1. The second-order valence-corrected chi connectivity index (χ2v) is 11.3. The zero-order valence-corrected chi connectivity index (χ0v) is 20.6. The number of anilines is 1. The third-order valence-electron chi connectivity index (χ3n) is 6.94. The summed E-state index contributed by atoms with van der Waals surface area (Å²) in [6, 6.07) is 7.21. The molecule has 7 nitrogen and oxygen atoms in total. The monoisotopic (exact) mass is 470 g/mol. The van der Waals surface area contributed by atoms with E-state index < -0.39 is 10.0 Å². The zero-order valence-electron chi connectivity index (χ0n) is 19.8. The summed E-state index contributed by atoms with van der Waals surface area (Å²) in [5, 5.41) is 2.95. The summed E-state index contributed by atoms with van der Waals surface area (Å²) >= 11 is 0. The van der Waals surface area contributed by atoms with Crippen LogP contribution in [0.25, 0.3) is 0 Å². The number of nitrogens with zero attached hydrogens (tertiary/aromatic N) is 3. The van der Waals surface area contributed by atoms with Crippen molar-refractivity contribution in [2.75, 3.05) is 31.1 Å². The van der Waals surface area contributed by atoms with Crippen LogP contribution in [0.3, 0.4) is 0 Å². The van der Waals surface area contributed by atoms with Crippen LogP contribution in [0, 0.1) is 19.8 Å². The molecule has 2 fully saturated rings. The lowest BCUT2D eigenvalue weighted by Crippen LogP contribution is -2.38. The van der Waals surface area contributed by atoms with Crippen molar-refractivity contribution < 1.29 is 13.2 Å². The third kappa shape index (κ3) is 5.22. The normalized spacial score (nSPS) is 18.0. The van der Waals surface area contributed by atoms with Crippen LogP contribution in [-0.2, 0) is 16.6 Å². The number of pyridine rings is 1. The van der Waals surface area contributed by atoms with Crippen molar-refractivity contribution in [3.05, 3.63) is 52.7 Å². The summed E-state index contributed by atoms with van der Waals surface area (Å²) in [6.45, 7) is 9.27. The molecular formula is C25H34N4O3S. The van der Waals surface area contributed by atoms with Gasteiger partial charge in [-0.2, -0.15) is 4.31 Å². The highest BCUT2D eigenvalue weighted by atomic mass is 32.2. The van der Waals surface area contributed by atoms with E-state index in [-0.39, 0.29) is 10.8 Å². The van der Waals surface area contributed by atoms with Crippen molar-refractivity contribution in [2.24, 2.45) is 5.92 Å². The Kier molecular flexibility index (Phi) is 7.05. The Hall–Kier alpha value is -2.45. The van der Waals surface area contributed by atoms with Gasteiger partial charge in [0.15, 0.2) is 0 Å². The van der Waals surface area contributed by atoms with Gasteiger partial charge in [0.2, 0.25) is 10.0 Å².